The van der Waals surface area contributed by atoms with E-state index in [-0.39, 0.29) is 22.9 Å². The number of anilines is 2. The second-order valence-electron chi connectivity index (χ2n) is 6.06. The lowest BCUT2D eigenvalue weighted by atomic mass is 10.1. The van der Waals surface area contributed by atoms with Crippen molar-refractivity contribution < 1.29 is 31.6 Å². The fraction of sp³-hybridized carbons (Fsp3) is 0.100. The molecule has 3 aromatic rings. The Morgan fingerprint density at radius 2 is 1.59 bits per heavy atom. The molecule has 150 valence electrons. The van der Waals surface area contributed by atoms with E-state index in [0.29, 0.717) is 11.6 Å². The molecule has 0 atom stereocenters. The Morgan fingerprint density at radius 3 is 2.21 bits per heavy atom. The minimum absolute atomic E-state index is 0.00386. The number of amides is 2. The normalized spacial score (nSPS) is 11.2. The molecule has 0 aliphatic heterocycles. The molecule has 9 heteroatoms. The first kappa shape index (κ1) is 20.1. The monoisotopic (exact) mass is 406 g/mol. The first-order valence-electron chi connectivity index (χ1n) is 8.29. The Bertz CT molecular complexity index is 1060. The molecular weight excluding hydrogens is 392 g/mol. The van der Waals surface area contributed by atoms with Gasteiger partial charge in [-0.2, -0.15) is 13.2 Å². The van der Waals surface area contributed by atoms with E-state index < -0.39 is 29.4 Å². The van der Waals surface area contributed by atoms with Gasteiger partial charge < -0.3 is 15.1 Å². The first-order chi connectivity index (χ1) is 13.6. The molecule has 0 bridgehead atoms. The van der Waals surface area contributed by atoms with Crippen LogP contribution in [0, 0.1) is 5.82 Å². The number of benzene rings is 2. The summed E-state index contributed by atoms with van der Waals surface area (Å²) in [4.78, 5) is 23.7. The van der Waals surface area contributed by atoms with E-state index in [2.05, 4.69) is 10.6 Å². The number of halogens is 4. The molecule has 0 radical (unpaired) electrons. The van der Waals surface area contributed by atoms with Gasteiger partial charge in [-0.15, -0.1) is 0 Å². The van der Waals surface area contributed by atoms with Crippen LogP contribution in [0.4, 0.5) is 28.9 Å². The second kappa shape index (κ2) is 7.78. The SMILES string of the molecule is CC(=O)Nc1ccc(C(F)(F)F)cc1NC(=O)c1ccc(-c2ccc(F)cc2)o1. The summed E-state index contributed by atoms with van der Waals surface area (Å²) < 4.78 is 57.4. The van der Waals surface area contributed by atoms with Gasteiger partial charge in [0.15, 0.2) is 5.76 Å². The lowest BCUT2D eigenvalue weighted by molar-refractivity contribution is -0.137. The lowest BCUT2D eigenvalue weighted by Gasteiger charge is -2.14. The third-order valence-corrected chi connectivity index (χ3v) is 3.86. The smallest absolute Gasteiger partial charge is 0.416 e. The van der Waals surface area contributed by atoms with Crippen molar-refractivity contribution in [2.24, 2.45) is 0 Å². The molecule has 0 saturated heterocycles. The number of furan rings is 1. The molecule has 3 rings (SSSR count). The van der Waals surface area contributed by atoms with Crippen LogP contribution in [0.25, 0.3) is 11.3 Å². The van der Waals surface area contributed by atoms with E-state index in [1.54, 1.807) is 0 Å². The number of alkyl halides is 3. The summed E-state index contributed by atoms with van der Waals surface area (Å²) in [5.74, 6) is -1.66. The highest BCUT2D eigenvalue weighted by atomic mass is 19.4. The molecule has 2 N–H and O–H groups in total. The van der Waals surface area contributed by atoms with E-state index in [0.717, 1.165) is 12.1 Å². The molecular formula is C20H14F4N2O3. The molecule has 0 saturated carbocycles. The predicted molar refractivity (Wildman–Crippen MR) is 97.8 cm³/mol. The van der Waals surface area contributed by atoms with Crippen molar-refractivity contribution in [1.82, 2.24) is 0 Å². The van der Waals surface area contributed by atoms with Gasteiger partial charge in [0.2, 0.25) is 5.91 Å². The third kappa shape index (κ3) is 4.81. The Morgan fingerprint density at radius 1 is 0.897 bits per heavy atom. The topological polar surface area (TPSA) is 71.3 Å². The van der Waals surface area contributed by atoms with Gasteiger partial charge in [0.1, 0.15) is 11.6 Å². The average molecular weight is 406 g/mol. The first-order valence-corrected chi connectivity index (χ1v) is 8.29. The predicted octanol–water partition coefficient (Wildman–Crippen LogP) is 5.32. The van der Waals surface area contributed by atoms with Crippen LogP contribution in [0.15, 0.2) is 59.0 Å². The van der Waals surface area contributed by atoms with Gasteiger partial charge in [-0.1, -0.05) is 0 Å². The van der Waals surface area contributed by atoms with Crippen molar-refractivity contribution in [2.45, 2.75) is 13.1 Å². The van der Waals surface area contributed by atoms with Crippen LogP contribution < -0.4 is 10.6 Å². The van der Waals surface area contributed by atoms with Crippen LogP contribution in [0.5, 0.6) is 0 Å². The van der Waals surface area contributed by atoms with E-state index in [4.69, 9.17) is 4.42 Å². The van der Waals surface area contributed by atoms with E-state index in [1.807, 2.05) is 0 Å². The van der Waals surface area contributed by atoms with Crippen molar-refractivity contribution in [3.05, 3.63) is 71.7 Å². The van der Waals surface area contributed by atoms with Crippen molar-refractivity contribution in [3.8, 4) is 11.3 Å². The minimum atomic E-state index is -4.63. The summed E-state index contributed by atoms with van der Waals surface area (Å²) in [5, 5.41) is 4.67. The highest BCUT2D eigenvalue weighted by molar-refractivity contribution is 6.06. The van der Waals surface area contributed by atoms with Crippen LogP contribution in [0.3, 0.4) is 0 Å². The fourth-order valence-corrected chi connectivity index (χ4v) is 2.54. The summed E-state index contributed by atoms with van der Waals surface area (Å²) in [6.07, 6.45) is -4.63. The highest BCUT2D eigenvalue weighted by Gasteiger charge is 2.31. The van der Waals surface area contributed by atoms with Gasteiger partial charge in [-0.05, 0) is 54.6 Å². The number of carbonyl (C=O) groups is 2. The number of carbonyl (C=O) groups excluding carboxylic acids is 2. The van der Waals surface area contributed by atoms with Crippen LogP contribution in [-0.4, -0.2) is 11.8 Å². The van der Waals surface area contributed by atoms with Gasteiger partial charge in [-0.3, -0.25) is 9.59 Å². The summed E-state index contributed by atoms with van der Waals surface area (Å²) in [6, 6.07) is 10.7. The zero-order valence-electron chi connectivity index (χ0n) is 14.9. The fourth-order valence-electron chi connectivity index (χ4n) is 2.54. The van der Waals surface area contributed by atoms with Crippen LogP contribution in [-0.2, 0) is 11.0 Å². The second-order valence-corrected chi connectivity index (χ2v) is 6.06. The molecule has 5 nitrogen and oxygen atoms in total. The van der Waals surface area contributed by atoms with Crippen molar-refractivity contribution in [2.75, 3.05) is 10.6 Å². The maximum atomic E-state index is 13.0. The quantitative estimate of drug-likeness (QED) is 0.577. The third-order valence-electron chi connectivity index (χ3n) is 3.86. The Kier molecular flexibility index (Phi) is 5.40. The lowest BCUT2D eigenvalue weighted by Crippen LogP contribution is -2.16. The zero-order chi connectivity index (χ0) is 21.2. The van der Waals surface area contributed by atoms with Crippen LogP contribution in [0.2, 0.25) is 0 Å². The van der Waals surface area contributed by atoms with E-state index in [1.165, 1.54) is 43.3 Å². The molecule has 1 aromatic heterocycles. The molecule has 0 fully saturated rings. The highest BCUT2D eigenvalue weighted by Crippen LogP contribution is 2.34. The van der Waals surface area contributed by atoms with Crippen molar-refractivity contribution in [1.29, 1.82) is 0 Å². The maximum Gasteiger partial charge on any atom is 0.416 e. The molecule has 0 aliphatic carbocycles. The zero-order valence-corrected chi connectivity index (χ0v) is 14.9. The molecule has 2 aromatic carbocycles. The van der Waals surface area contributed by atoms with Crippen LogP contribution in [0.1, 0.15) is 23.0 Å². The molecule has 0 unspecified atom stereocenters. The van der Waals surface area contributed by atoms with Gasteiger partial charge in [0.25, 0.3) is 5.91 Å². The Balaban J connectivity index is 1.87. The largest absolute Gasteiger partial charge is 0.451 e. The summed E-state index contributed by atoms with van der Waals surface area (Å²) in [5.41, 5.74) is -0.708. The summed E-state index contributed by atoms with van der Waals surface area (Å²) in [7, 11) is 0. The summed E-state index contributed by atoms with van der Waals surface area (Å²) >= 11 is 0. The molecule has 1 heterocycles. The Labute approximate surface area is 162 Å². The van der Waals surface area contributed by atoms with Crippen molar-refractivity contribution >= 4 is 23.2 Å². The van der Waals surface area contributed by atoms with Crippen molar-refractivity contribution in [3.63, 3.8) is 0 Å². The minimum Gasteiger partial charge on any atom is -0.451 e. The number of nitrogens with one attached hydrogen (secondary N) is 2. The number of hydrogen-bond donors (Lipinski definition) is 2. The molecule has 0 spiro atoms. The summed E-state index contributed by atoms with van der Waals surface area (Å²) in [6.45, 7) is 1.19. The van der Waals surface area contributed by atoms with Gasteiger partial charge in [0, 0.05) is 12.5 Å². The maximum absolute atomic E-state index is 13.0. The average Bonchev–Trinajstić information content (AvgIpc) is 3.12. The van der Waals surface area contributed by atoms with E-state index in [9.17, 15) is 27.2 Å². The molecule has 29 heavy (non-hydrogen) atoms. The number of rotatable bonds is 4. The standard InChI is InChI=1S/C20H14F4N2O3/c1-11(27)25-15-7-4-13(20(22,23)24)10-16(15)26-19(28)18-9-8-17(29-18)12-2-5-14(21)6-3-12/h2-10H,1H3,(H,25,27)(H,26,28). The van der Waals surface area contributed by atoms with Crippen LogP contribution >= 0.6 is 0 Å². The molecule has 2 amide bonds. The molecule has 0 aliphatic rings. The van der Waals surface area contributed by atoms with Gasteiger partial charge >= 0.3 is 6.18 Å². The van der Waals surface area contributed by atoms with E-state index >= 15 is 0 Å². The van der Waals surface area contributed by atoms with Gasteiger partial charge in [-0.25, -0.2) is 4.39 Å². The number of hydrogen-bond acceptors (Lipinski definition) is 3. The Hall–Kier alpha value is -3.62. The van der Waals surface area contributed by atoms with Gasteiger partial charge in [0.05, 0.1) is 16.9 Å².